The van der Waals surface area contributed by atoms with E-state index < -0.39 is 5.60 Å². The fourth-order valence-electron chi connectivity index (χ4n) is 2.97. The molecule has 130 valence electrons. The zero-order valence-electron chi connectivity index (χ0n) is 14.3. The van der Waals surface area contributed by atoms with Crippen molar-refractivity contribution in [2.45, 2.75) is 18.9 Å². The first-order chi connectivity index (χ1) is 12.7. The minimum absolute atomic E-state index is 0.502. The van der Waals surface area contributed by atoms with Crippen LogP contribution in [0.1, 0.15) is 23.9 Å². The molecule has 0 bridgehead atoms. The minimum Gasteiger partial charge on any atom is -0.456 e. The molecule has 0 aliphatic heterocycles. The number of pyridine rings is 1. The van der Waals surface area contributed by atoms with Crippen LogP contribution in [0.25, 0.3) is 10.8 Å². The van der Waals surface area contributed by atoms with Gasteiger partial charge in [-0.05, 0) is 35.4 Å². The van der Waals surface area contributed by atoms with E-state index in [4.69, 9.17) is 4.74 Å². The van der Waals surface area contributed by atoms with Gasteiger partial charge in [0.1, 0.15) is 22.1 Å². The van der Waals surface area contributed by atoms with Crippen LogP contribution in [0.15, 0.2) is 72.5 Å². The van der Waals surface area contributed by atoms with Crippen molar-refractivity contribution in [2.75, 3.05) is 0 Å². The van der Waals surface area contributed by atoms with Crippen LogP contribution >= 0.6 is 11.3 Å². The van der Waals surface area contributed by atoms with Gasteiger partial charge in [-0.2, -0.15) is 0 Å². The van der Waals surface area contributed by atoms with Gasteiger partial charge >= 0.3 is 0 Å². The van der Waals surface area contributed by atoms with Crippen LogP contribution in [-0.2, 0) is 5.60 Å². The zero-order valence-corrected chi connectivity index (χ0v) is 15.1. The Labute approximate surface area is 155 Å². The summed E-state index contributed by atoms with van der Waals surface area (Å²) >= 11 is 1.43. The fraction of sp³-hybridized carbons (Fsp3) is 0.143. The molecule has 0 saturated heterocycles. The van der Waals surface area contributed by atoms with Gasteiger partial charge in [0.05, 0.1) is 6.20 Å². The number of aliphatic hydroxyl groups is 1. The minimum atomic E-state index is -1.16. The number of benzene rings is 2. The lowest BCUT2D eigenvalue weighted by atomic mass is 9.93. The fourth-order valence-corrected chi connectivity index (χ4v) is 3.80. The van der Waals surface area contributed by atoms with Crippen LogP contribution in [0, 0.1) is 0 Å². The average Bonchev–Trinajstić information content (AvgIpc) is 3.23. The Bertz CT molecular complexity index is 1030. The van der Waals surface area contributed by atoms with Crippen molar-refractivity contribution in [1.82, 2.24) is 9.97 Å². The first-order valence-corrected chi connectivity index (χ1v) is 9.31. The molecule has 0 saturated carbocycles. The van der Waals surface area contributed by atoms with E-state index in [1.165, 1.54) is 11.3 Å². The maximum absolute atomic E-state index is 11.1. The Hall–Kier alpha value is -2.76. The van der Waals surface area contributed by atoms with Crippen molar-refractivity contribution in [3.63, 3.8) is 0 Å². The van der Waals surface area contributed by atoms with Gasteiger partial charge in [0.25, 0.3) is 0 Å². The second kappa shape index (κ2) is 6.86. The van der Waals surface area contributed by atoms with Gasteiger partial charge in [0, 0.05) is 23.3 Å². The largest absolute Gasteiger partial charge is 0.456 e. The van der Waals surface area contributed by atoms with Gasteiger partial charge in [-0.3, -0.25) is 4.98 Å². The normalized spacial score (nSPS) is 13.5. The predicted octanol–water partition coefficient (Wildman–Crippen LogP) is 5.13. The number of rotatable bonds is 5. The Morgan fingerprint density at radius 2 is 1.88 bits per heavy atom. The lowest BCUT2D eigenvalue weighted by Gasteiger charge is -2.24. The molecule has 0 radical (unpaired) electrons. The molecular formula is C21H18N2O2S. The summed E-state index contributed by atoms with van der Waals surface area (Å²) in [5, 5.41) is 15.9. The Balaban J connectivity index is 1.66. The highest BCUT2D eigenvalue weighted by Crippen LogP contribution is 2.36. The van der Waals surface area contributed by atoms with E-state index in [2.05, 4.69) is 22.1 Å². The van der Waals surface area contributed by atoms with E-state index in [1.807, 2.05) is 48.7 Å². The Kier molecular flexibility index (Phi) is 4.41. The topological polar surface area (TPSA) is 55.2 Å². The molecule has 0 fully saturated rings. The van der Waals surface area contributed by atoms with E-state index in [9.17, 15) is 5.11 Å². The molecule has 1 N–H and O–H groups in total. The highest BCUT2D eigenvalue weighted by Gasteiger charge is 2.33. The molecule has 4 rings (SSSR count). The molecular weight excluding hydrogens is 344 g/mol. The molecule has 2 heterocycles. The number of hydrogen-bond acceptors (Lipinski definition) is 5. The molecule has 0 aliphatic carbocycles. The lowest BCUT2D eigenvalue weighted by molar-refractivity contribution is 0.0756. The van der Waals surface area contributed by atoms with Crippen LogP contribution in [-0.4, -0.2) is 15.1 Å². The van der Waals surface area contributed by atoms with E-state index >= 15 is 0 Å². The van der Waals surface area contributed by atoms with Gasteiger partial charge in [-0.15, -0.1) is 11.3 Å². The molecule has 4 nitrogen and oxygen atoms in total. The summed E-state index contributed by atoms with van der Waals surface area (Å²) in [6.07, 6.45) is 5.51. The summed E-state index contributed by atoms with van der Waals surface area (Å²) in [5.74, 6) is 1.32. The summed E-state index contributed by atoms with van der Waals surface area (Å²) in [6.45, 7) is 1.93. The molecule has 0 spiro atoms. The lowest BCUT2D eigenvalue weighted by Crippen LogP contribution is -2.26. The molecule has 2 aromatic carbocycles. The third-order valence-electron chi connectivity index (χ3n) is 4.45. The van der Waals surface area contributed by atoms with Crippen molar-refractivity contribution in [1.29, 1.82) is 0 Å². The Morgan fingerprint density at radius 1 is 1.04 bits per heavy atom. The molecule has 0 aliphatic rings. The summed E-state index contributed by atoms with van der Waals surface area (Å²) in [6, 6.07) is 15.9. The standard InChI is InChI=1S/C21H18N2O2S/c1-2-21(24,20-23-9-10-26-20)17-12-19(14-22-13-17)25-18-8-7-15-5-3-4-6-16(15)11-18/h3-14,24H,2H2,1H3. The average molecular weight is 362 g/mol. The molecule has 2 aromatic heterocycles. The molecule has 4 aromatic rings. The maximum Gasteiger partial charge on any atom is 0.146 e. The molecule has 1 unspecified atom stereocenters. The number of nitrogens with zero attached hydrogens (tertiary/aromatic N) is 2. The highest BCUT2D eigenvalue weighted by atomic mass is 32.1. The van der Waals surface area contributed by atoms with Gasteiger partial charge < -0.3 is 9.84 Å². The third-order valence-corrected chi connectivity index (χ3v) is 5.37. The number of hydrogen-bond donors (Lipinski definition) is 1. The SMILES string of the molecule is CCC(O)(c1cncc(Oc2ccc3ccccc3c2)c1)c1nccs1. The van der Waals surface area contributed by atoms with Crippen molar-refractivity contribution in [3.8, 4) is 11.5 Å². The number of thiazole rings is 1. The number of ether oxygens (including phenoxy) is 1. The number of fused-ring (bicyclic) bond motifs is 1. The number of aromatic nitrogens is 2. The van der Waals surface area contributed by atoms with Crippen LogP contribution in [0.3, 0.4) is 0 Å². The molecule has 1 atom stereocenters. The van der Waals surface area contributed by atoms with Gasteiger partial charge in [0.15, 0.2) is 0 Å². The van der Waals surface area contributed by atoms with Gasteiger partial charge in [0.2, 0.25) is 0 Å². The van der Waals surface area contributed by atoms with E-state index in [0.717, 1.165) is 16.5 Å². The van der Waals surface area contributed by atoms with E-state index in [1.54, 1.807) is 18.6 Å². The van der Waals surface area contributed by atoms with Crippen LogP contribution in [0.5, 0.6) is 11.5 Å². The van der Waals surface area contributed by atoms with E-state index in [-0.39, 0.29) is 0 Å². The zero-order chi connectivity index (χ0) is 18.0. The smallest absolute Gasteiger partial charge is 0.146 e. The summed E-state index contributed by atoms with van der Waals surface area (Å²) < 4.78 is 5.99. The Morgan fingerprint density at radius 3 is 2.65 bits per heavy atom. The molecule has 26 heavy (non-hydrogen) atoms. The molecule has 5 heteroatoms. The van der Waals surface area contributed by atoms with Crippen LogP contribution in [0.2, 0.25) is 0 Å². The molecule has 0 amide bonds. The van der Waals surface area contributed by atoms with Crippen molar-refractivity contribution < 1.29 is 9.84 Å². The summed E-state index contributed by atoms with van der Waals surface area (Å²) in [7, 11) is 0. The maximum atomic E-state index is 11.1. The summed E-state index contributed by atoms with van der Waals surface area (Å²) in [5.41, 5.74) is -0.488. The first-order valence-electron chi connectivity index (χ1n) is 8.43. The monoisotopic (exact) mass is 362 g/mol. The predicted molar refractivity (Wildman–Crippen MR) is 104 cm³/mol. The van der Waals surface area contributed by atoms with Gasteiger partial charge in [-0.1, -0.05) is 37.3 Å². The second-order valence-electron chi connectivity index (χ2n) is 6.07. The van der Waals surface area contributed by atoms with Crippen molar-refractivity contribution in [2.24, 2.45) is 0 Å². The van der Waals surface area contributed by atoms with Gasteiger partial charge in [-0.25, -0.2) is 4.98 Å². The first kappa shape index (κ1) is 16.7. The third kappa shape index (κ3) is 3.07. The second-order valence-corrected chi connectivity index (χ2v) is 6.97. The highest BCUT2D eigenvalue weighted by molar-refractivity contribution is 7.09. The quantitative estimate of drug-likeness (QED) is 0.535. The van der Waals surface area contributed by atoms with Crippen molar-refractivity contribution >= 4 is 22.1 Å². The van der Waals surface area contributed by atoms with E-state index in [0.29, 0.717) is 22.7 Å². The van der Waals surface area contributed by atoms with Crippen LogP contribution < -0.4 is 4.74 Å². The van der Waals surface area contributed by atoms with Crippen LogP contribution in [0.4, 0.5) is 0 Å². The van der Waals surface area contributed by atoms with Crippen molar-refractivity contribution in [3.05, 3.63) is 83.1 Å². The summed E-state index contributed by atoms with van der Waals surface area (Å²) in [4.78, 5) is 8.54.